The first kappa shape index (κ1) is 17.8. The average molecular weight is 330 g/mol. The van der Waals surface area contributed by atoms with Gasteiger partial charge in [0.25, 0.3) is 5.91 Å². The maximum Gasteiger partial charge on any atom is 0.255 e. The Bertz CT molecular complexity index is 699. The summed E-state index contributed by atoms with van der Waals surface area (Å²) >= 11 is 0. The molecule has 128 valence electrons. The van der Waals surface area contributed by atoms with Crippen molar-refractivity contribution in [2.45, 2.75) is 26.8 Å². The monoisotopic (exact) mass is 330 g/mol. The van der Waals surface area contributed by atoms with Crippen LogP contribution in [0.25, 0.3) is 0 Å². The lowest BCUT2D eigenvalue weighted by Crippen LogP contribution is -2.30. The molecule has 24 heavy (non-hydrogen) atoms. The van der Waals surface area contributed by atoms with Gasteiger partial charge in [0.05, 0.1) is 12.8 Å². The minimum Gasteiger partial charge on any atom is -0.494 e. The lowest BCUT2D eigenvalue weighted by molar-refractivity contribution is 0.102. The molecule has 5 heteroatoms. The Kier molecular flexibility index (Phi) is 5.79. The van der Waals surface area contributed by atoms with Gasteiger partial charge in [0.2, 0.25) is 0 Å². The number of amides is 1. The third-order valence-electron chi connectivity index (χ3n) is 3.84. The Labute approximate surface area is 142 Å². The molecule has 0 spiro atoms. The summed E-state index contributed by atoms with van der Waals surface area (Å²) in [6.45, 7) is 7.26. The van der Waals surface area contributed by atoms with Gasteiger partial charge >= 0.3 is 0 Å². The van der Waals surface area contributed by atoms with E-state index in [-0.39, 0.29) is 11.7 Å². The first-order chi connectivity index (χ1) is 11.5. The Morgan fingerprint density at radius 2 is 1.88 bits per heavy atom. The van der Waals surface area contributed by atoms with Gasteiger partial charge in [-0.1, -0.05) is 0 Å². The smallest absolute Gasteiger partial charge is 0.255 e. The van der Waals surface area contributed by atoms with Crippen molar-refractivity contribution in [3.8, 4) is 5.75 Å². The number of hydrogen-bond acceptors (Lipinski definition) is 3. The number of anilines is 2. The molecule has 0 aliphatic rings. The molecule has 0 aliphatic carbocycles. The van der Waals surface area contributed by atoms with E-state index >= 15 is 0 Å². The van der Waals surface area contributed by atoms with Crippen LogP contribution in [0.3, 0.4) is 0 Å². The van der Waals surface area contributed by atoms with Gasteiger partial charge in [-0.3, -0.25) is 4.79 Å². The molecule has 2 aromatic carbocycles. The number of hydrogen-bond donors (Lipinski definition) is 1. The maximum atomic E-state index is 13.2. The molecule has 0 aromatic heterocycles. The molecule has 0 radical (unpaired) electrons. The van der Waals surface area contributed by atoms with Crippen molar-refractivity contribution in [1.82, 2.24) is 0 Å². The standard InChI is InChI=1S/C19H23FN2O2/c1-5-22(13(2)3)16-9-6-14(7-10-16)19(23)21-17-11-8-15(20)12-18(17)24-4/h6-13H,5H2,1-4H3,(H,21,23). The fourth-order valence-corrected chi connectivity index (χ4v) is 2.61. The molecule has 2 aromatic rings. The summed E-state index contributed by atoms with van der Waals surface area (Å²) in [5.74, 6) is -0.390. The molecule has 0 bridgehead atoms. The summed E-state index contributed by atoms with van der Waals surface area (Å²) in [7, 11) is 1.43. The number of rotatable bonds is 6. The lowest BCUT2D eigenvalue weighted by Gasteiger charge is -2.27. The zero-order valence-corrected chi connectivity index (χ0v) is 14.5. The average Bonchev–Trinajstić information content (AvgIpc) is 2.57. The number of nitrogens with one attached hydrogen (secondary N) is 1. The third kappa shape index (κ3) is 4.04. The highest BCUT2D eigenvalue weighted by Crippen LogP contribution is 2.26. The molecule has 4 nitrogen and oxygen atoms in total. The van der Waals surface area contributed by atoms with Gasteiger partial charge in [-0.05, 0) is 57.2 Å². The van der Waals surface area contributed by atoms with Gasteiger partial charge in [0.1, 0.15) is 11.6 Å². The molecular weight excluding hydrogens is 307 g/mol. The zero-order chi connectivity index (χ0) is 17.7. The van der Waals surface area contributed by atoms with Crippen LogP contribution in [0.4, 0.5) is 15.8 Å². The number of carbonyl (C=O) groups is 1. The minimum absolute atomic E-state index is 0.265. The second-order valence-electron chi connectivity index (χ2n) is 5.73. The Balaban J connectivity index is 2.16. The van der Waals surface area contributed by atoms with Crippen LogP contribution in [0, 0.1) is 5.82 Å². The second kappa shape index (κ2) is 7.81. The Morgan fingerprint density at radius 1 is 1.21 bits per heavy atom. The molecule has 0 aliphatic heterocycles. The van der Waals surface area contributed by atoms with Crippen LogP contribution in [0.15, 0.2) is 42.5 Å². The summed E-state index contributed by atoms with van der Waals surface area (Å²) in [6.07, 6.45) is 0. The van der Waals surface area contributed by atoms with Crippen LogP contribution in [0.5, 0.6) is 5.75 Å². The summed E-state index contributed by atoms with van der Waals surface area (Å²) in [6, 6.07) is 11.8. The fraction of sp³-hybridized carbons (Fsp3) is 0.316. The van der Waals surface area contributed by atoms with Crippen LogP contribution in [-0.4, -0.2) is 25.6 Å². The minimum atomic E-state index is -0.414. The van der Waals surface area contributed by atoms with Gasteiger partial charge < -0.3 is 15.0 Å². The van der Waals surface area contributed by atoms with E-state index in [1.54, 1.807) is 12.1 Å². The molecule has 0 fully saturated rings. The van der Waals surface area contributed by atoms with Crippen molar-refractivity contribution in [2.24, 2.45) is 0 Å². The summed E-state index contributed by atoms with van der Waals surface area (Å²) < 4.78 is 18.3. The Morgan fingerprint density at radius 3 is 2.42 bits per heavy atom. The number of methoxy groups -OCH3 is 1. The fourth-order valence-electron chi connectivity index (χ4n) is 2.61. The van der Waals surface area contributed by atoms with Gasteiger partial charge in [0, 0.05) is 29.9 Å². The number of nitrogens with zero attached hydrogens (tertiary/aromatic N) is 1. The van der Waals surface area contributed by atoms with Crippen molar-refractivity contribution in [3.05, 3.63) is 53.8 Å². The lowest BCUT2D eigenvalue weighted by atomic mass is 10.1. The SMILES string of the molecule is CCN(c1ccc(C(=O)Nc2ccc(F)cc2OC)cc1)C(C)C. The molecule has 0 heterocycles. The predicted molar refractivity (Wildman–Crippen MR) is 95.5 cm³/mol. The number of halogens is 1. The van der Waals surface area contributed by atoms with Crippen molar-refractivity contribution >= 4 is 17.3 Å². The highest BCUT2D eigenvalue weighted by Gasteiger charge is 2.12. The van der Waals surface area contributed by atoms with Crippen LogP contribution in [0.2, 0.25) is 0 Å². The van der Waals surface area contributed by atoms with Crippen molar-refractivity contribution in [1.29, 1.82) is 0 Å². The van der Waals surface area contributed by atoms with E-state index in [0.29, 0.717) is 17.3 Å². The molecular formula is C19H23FN2O2. The van der Waals surface area contributed by atoms with E-state index in [2.05, 4.69) is 31.0 Å². The highest BCUT2D eigenvalue weighted by atomic mass is 19.1. The van der Waals surface area contributed by atoms with Crippen molar-refractivity contribution < 1.29 is 13.9 Å². The van der Waals surface area contributed by atoms with E-state index in [4.69, 9.17) is 4.74 Å². The number of ether oxygens (including phenoxy) is 1. The molecule has 1 amide bonds. The van der Waals surface area contributed by atoms with Gasteiger partial charge in [0.15, 0.2) is 0 Å². The maximum absolute atomic E-state index is 13.2. The first-order valence-electron chi connectivity index (χ1n) is 7.97. The molecule has 0 saturated carbocycles. The van der Waals surface area contributed by atoms with Crippen LogP contribution >= 0.6 is 0 Å². The summed E-state index contributed by atoms with van der Waals surface area (Å²) in [4.78, 5) is 14.6. The second-order valence-corrected chi connectivity index (χ2v) is 5.73. The molecule has 0 unspecified atom stereocenters. The third-order valence-corrected chi connectivity index (χ3v) is 3.84. The van der Waals surface area contributed by atoms with E-state index in [9.17, 15) is 9.18 Å². The largest absolute Gasteiger partial charge is 0.494 e. The number of benzene rings is 2. The van der Waals surface area contributed by atoms with Gasteiger partial charge in [-0.25, -0.2) is 4.39 Å². The van der Waals surface area contributed by atoms with E-state index in [0.717, 1.165) is 12.2 Å². The van der Waals surface area contributed by atoms with Gasteiger partial charge in [-0.15, -0.1) is 0 Å². The topological polar surface area (TPSA) is 41.6 Å². The van der Waals surface area contributed by atoms with Gasteiger partial charge in [-0.2, -0.15) is 0 Å². The van der Waals surface area contributed by atoms with Crippen molar-refractivity contribution in [3.63, 3.8) is 0 Å². The van der Waals surface area contributed by atoms with Crippen LogP contribution < -0.4 is 15.0 Å². The predicted octanol–water partition coefficient (Wildman–Crippen LogP) is 4.32. The number of carbonyl (C=O) groups excluding carboxylic acids is 1. The van der Waals surface area contributed by atoms with Crippen LogP contribution in [-0.2, 0) is 0 Å². The summed E-state index contributed by atoms with van der Waals surface area (Å²) in [5.41, 5.74) is 2.04. The molecule has 2 rings (SSSR count). The van der Waals surface area contributed by atoms with Crippen LogP contribution in [0.1, 0.15) is 31.1 Å². The van der Waals surface area contributed by atoms with Crippen molar-refractivity contribution in [2.75, 3.05) is 23.9 Å². The first-order valence-corrected chi connectivity index (χ1v) is 7.97. The molecule has 1 N–H and O–H groups in total. The highest BCUT2D eigenvalue weighted by molar-refractivity contribution is 6.05. The van der Waals surface area contributed by atoms with E-state index in [1.165, 1.54) is 25.3 Å². The van der Waals surface area contributed by atoms with E-state index in [1.807, 2.05) is 12.1 Å². The van der Waals surface area contributed by atoms with E-state index < -0.39 is 5.82 Å². The normalized spacial score (nSPS) is 10.6. The quantitative estimate of drug-likeness (QED) is 0.857. The molecule has 0 saturated heterocycles. The zero-order valence-electron chi connectivity index (χ0n) is 14.5. The Hall–Kier alpha value is -2.56. The molecule has 0 atom stereocenters. The summed E-state index contributed by atoms with van der Waals surface area (Å²) in [5, 5.41) is 2.75.